The third kappa shape index (κ3) is 1.78. The van der Waals surface area contributed by atoms with Gasteiger partial charge in [0.2, 0.25) is 0 Å². The van der Waals surface area contributed by atoms with E-state index in [1.165, 1.54) is 4.88 Å². The molecule has 0 aliphatic carbocycles. The fraction of sp³-hybridized carbons (Fsp3) is 0.182. The standard InChI is InChI=1S/C11H12N6S/c1-16-9(4-5-13-16)10-11(12)14-15-17(10)7-8-3-2-6-18-8/h2-6H,7,12H2,1H3. The molecule has 3 aromatic rings. The van der Waals surface area contributed by atoms with Crippen LogP contribution in [-0.2, 0) is 13.6 Å². The van der Waals surface area contributed by atoms with Gasteiger partial charge in [-0.1, -0.05) is 11.3 Å². The van der Waals surface area contributed by atoms with Crippen molar-refractivity contribution in [2.75, 3.05) is 5.73 Å². The van der Waals surface area contributed by atoms with E-state index in [0.717, 1.165) is 11.4 Å². The molecule has 0 spiro atoms. The van der Waals surface area contributed by atoms with Gasteiger partial charge in [-0.15, -0.1) is 16.4 Å². The molecule has 7 heteroatoms. The van der Waals surface area contributed by atoms with Crippen molar-refractivity contribution in [2.45, 2.75) is 6.54 Å². The molecule has 3 aromatic heterocycles. The van der Waals surface area contributed by atoms with E-state index >= 15 is 0 Å². The van der Waals surface area contributed by atoms with E-state index < -0.39 is 0 Å². The highest BCUT2D eigenvalue weighted by atomic mass is 32.1. The summed E-state index contributed by atoms with van der Waals surface area (Å²) in [5.74, 6) is 0.426. The second-order valence-corrected chi connectivity index (χ2v) is 4.93. The van der Waals surface area contributed by atoms with Gasteiger partial charge in [-0.3, -0.25) is 4.68 Å². The molecule has 3 rings (SSSR count). The highest BCUT2D eigenvalue weighted by molar-refractivity contribution is 7.09. The van der Waals surface area contributed by atoms with Crippen molar-refractivity contribution >= 4 is 17.2 Å². The summed E-state index contributed by atoms with van der Waals surface area (Å²) < 4.78 is 3.57. The van der Waals surface area contributed by atoms with Crippen LogP contribution in [0.3, 0.4) is 0 Å². The van der Waals surface area contributed by atoms with Gasteiger partial charge in [-0.25, -0.2) is 4.68 Å². The normalized spacial score (nSPS) is 10.9. The Balaban J connectivity index is 2.04. The maximum absolute atomic E-state index is 5.90. The minimum absolute atomic E-state index is 0.426. The van der Waals surface area contributed by atoms with Gasteiger partial charge in [0.05, 0.1) is 12.2 Å². The topological polar surface area (TPSA) is 74.6 Å². The summed E-state index contributed by atoms with van der Waals surface area (Å²) in [5, 5.41) is 14.2. The fourth-order valence-corrected chi connectivity index (χ4v) is 2.54. The number of rotatable bonds is 3. The van der Waals surface area contributed by atoms with E-state index in [2.05, 4.69) is 21.5 Å². The van der Waals surface area contributed by atoms with Crippen molar-refractivity contribution in [1.82, 2.24) is 24.8 Å². The average molecular weight is 260 g/mol. The predicted octanol–water partition coefficient (Wildman–Crippen LogP) is 1.37. The summed E-state index contributed by atoms with van der Waals surface area (Å²) >= 11 is 1.69. The molecule has 0 aromatic carbocycles. The first-order chi connectivity index (χ1) is 8.75. The zero-order chi connectivity index (χ0) is 12.5. The lowest BCUT2D eigenvalue weighted by Crippen LogP contribution is -2.06. The number of hydrogen-bond donors (Lipinski definition) is 1. The Morgan fingerprint density at radius 2 is 2.28 bits per heavy atom. The molecule has 0 radical (unpaired) electrons. The van der Waals surface area contributed by atoms with Crippen LogP contribution in [-0.4, -0.2) is 24.8 Å². The number of nitrogen functional groups attached to an aromatic ring is 1. The Bertz CT molecular complexity index is 651. The Morgan fingerprint density at radius 1 is 1.39 bits per heavy atom. The first-order valence-electron chi connectivity index (χ1n) is 5.45. The molecule has 18 heavy (non-hydrogen) atoms. The molecule has 92 valence electrons. The van der Waals surface area contributed by atoms with Gasteiger partial charge < -0.3 is 5.73 Å². The van der Waals surface area contributed by atoms with Crippen LogP contribution in [0, 0.1) is 0 Å². The molecule has 0 fully saturated rings. The van der Waals surface area contributed by atoms with Crippen LogP contribution >= 0.6 is 11.3 Å². The maximum Gasteiger partial charge on any atom is 0.175 e. The summed E-state index contributed by atoms with van der Waals surface area (Å²) in [6.45, 7) is 0.669. The highest BCUT2D eigenvalue weighted by Crippen LogP contribution is 2.24. The van der Waals surface area contributed by atoms with E-state index in [1.807, 2.05) is 24.6 Å². The third-order valence-electron chi connectivity index (χ3n) is 2.71. The number of aryl methyl sites for hydroxylation is 1. The molecule has 0 atom stereocenters. The largest absolute Gasteiger partial charge is 0.380 e. The number of anilines is 1. The van der Waals surface area contributed by atoms with Crippen molar-refractivity contribution in [1.29, 1.82) is 0 Å². The number of thiophene rings is 1. The van der Waals surface area contributed by atoms with Crippen LogP contribution in [0.4, 0.5) is 5.82 Å². The van der Waals surface area contributed by atoms with Crippen LogP contribution in [0.5, 0.6) is 0 Å². The molecule has 2 N–H and O–H groups in total. The number of nitrogens with two attached hydrogens (primary N) is 1. The molecular formula is C11H12N6S. The molecule has 0 amide bonds. The smallest absolute Gasteiger partial charge is 0.175 e. The Hall–Kier alpha value is -2.15. The predicted molar refractivity (Wildman–Crippen MR) is 70.1 cm³/mol. The molecule has 0 saturated carbocycles. The van der Waals surface area contributed by atoms with Crippen LogP contribution in [0.2, 0.25) is 0 Å². The van der Waals surface area contributed by atoms with Gasteiger partial charge in [-0.2, -0.15) is 5.10 Å². The molecule has 0 aliphatic heterocycles. The molecule has 0 bridgehead atoms. The van der Waals surface area contributed by atoms with Crippen molar-refractivity contribution < 1.29 is 0 Å². The quantitative estimate of drug-likeness (QED) is 0.771. The second kappa shape index (κ2) is 4.26. The molecule has 6 nitrogen and oxygen atoms in total. The van der Waals surface area contributed by atoms with Crippen LogP contribution in [0.1, 0.15) is 4.88 Å². The van der Waals surface area contributed by atoms with Crippen molar-refractivity contribution in [3.8, 4) is 11.4 Å². The monoisotopic (exact) mass is 260 g/mol. The van der Waals surface area contributed by atoms with Gasteiger partial charge in [0, 0.05) is 18.1 Å². The highest BCUT2D eigenvalue weighted by Gasteiger charge is 2.15. The fourth-order valence-electron chi connectivity index (χ4n) is 1.86. The van der Waals surface area contributed by atoms with E-state index in [4.69, 9.17) is 5.73 Å². The van der Waals surface area contributed by atoms with Crippen LogP contribution < -0.4 is 5.73 Å². The summed E-state index contributed by atoms with van der Waals surface area (Å²) in [4.78, 5) is 1.21. The summed E-state index contributed by atoms with van der Waals surface area (Å²) in [7, 11) is 1.87. The zero-order valence-electron chi connectivity index (χ0n) is 9.82. The van der Waals surface area contributed by atoms with Crippen molar-refractivity contribution in [3.63, 3.8) is 0 Å². The lowest BCUT2D eigenvalue weighted by atomic mass is 10.3. The number of nitrogens with zero attached hydrogens (tertiary/aromatic N) is 5. The second-order valence-electron chi connectivity index (χ2n) is 3.90. The first kappa shape index (κ1) is 11.0. The van der Waals surface area contributed by atoms with Crippen molar-refractivity contribution in [2.24, 2.45) is 7.05 Å². The Morgan fingerprint density at radius 3 is 2.94 bits per heavy atom. The van der Waals surface area contributed by atoms with Gasteiger partial charge >= 0.3 is 0 Å². The molecule has 0 unspecified atom stereocenters. The van der Waals surface area contributed by atoms with Gasteiger partial charge in [0.25, 0.3) is 0 Å². The van der Waals surface area contributed by atoms with E-state index in [-0.39, 0.29) is 0 Å². The Kier molecular flexibility index (Phi) is 2.60. The summed E-state index contributed by atoms with van der Waals surface area (Å²) in [5.41, 5.74) is 7.62. The minimum Gasteiger partial charge on any atom is -0.380 e. The van der Waals surface area contributed by atoms with Gasteiger partial charge in [-0.05, 0) is 17.5 Å². The zero-order valence-corrected chi connectivity index (χ0v) is 10.6. The first-order valence-corrected chi connectivity index (χ1v) is 6.33. The molecule has 0 aliphatic rings. The Labute approximate surface area is 108 Å². The SMILES string of the molecule is Cn1nccc1-c1c(N)nnn1Cc1cccs1. The van der Waals surface area contributed by atoms with Crippen LogP contribution in [0.15, 0.2) is 29.8 Å². The van der Waals surface area contributed by atoms with Crippen molar-refractivity contribution in [3.05, 3.63) is 34.7 Å². The minimum atomic E-state index is 0.426. The molecular weight excluding hydrogens is 248 g/mol. The maximum atomic E-state index is 5.90. The third-order valence-corrected chi connectivity index (χ3v) is 3.57. The molecule has 0 saturated heterocycles. The average Bonchev–Trinajstić information content (AvgIpc) is 3.04. The number of aromatic nitrogens is 5. The van der Waals surface area contributed by atoms with E-state index in [9.17, 15) is 0 Å². The molecule has 3 heterocycles. The van der Waals surface area contributed by atoms with Gasteiger partial charge in [0.15, 0.2) is 5.82 Å². The van der Waals surface area contributed by atoms with E-state index in [0.29, 0.717) is 12.4 Å². The number of hydrogen-bond acceptors (Lipinski definition) is 5. The van der Waals surface area contributed by atoms with Crippen LogP contribution in [0.25, 0.3) is 11.4 Å². The summed E-state index contributed by atoms with van der Waals surface area (Å²) in [6, 6.07) is 5.99. The lowest BCUT2D eigenvalue weighted by Gasteiger charge is -2.05. The summed E-state index contributed by atoms with van der Waals surface area (Å²) in [6.07, 6.45) is 1.73. The van der Waals surface area contributed by atoms with Gasteiger partial charge in [0.1, 0.15) is 5.69 Å². The lowest BCUT2D eigenvalue weighted by molar-refractivity contribution is 0.655. The van der Waals surface area contributed by atoms with E-state index in [1.54, 1.807) is 26.9 Å².